The molecule has 7 heteroatoms. The quantitative estimate of drug-likeness (QED) is 0.261. The van der Waals surface area contributed by atoms with E-state index in [0.717, 1.165) is 44.2 Å². The summed E-state index contributed by atoms with van der Waals surface area (Å²) in [6, 6.07) is 0. The third kappa shape index (κ3) is 7.44. The molecule has 0 spiro atoms. The minimum atomic E-state index is -2.01. The van der Waals surface area contributed by atoms with Gasteiger partial charge in [0.1, 0.15) is 0 Å². The van der Waals surface area contributed by atoms with Crippen LogP contribution in [0.4, 0.5) is 0 Å². The molecular formula is C39H69NO4Si2. The molecule has 8 atom stereocenters. The number of likely N-dealkylation sites (tertiary alicyclic amines) is 1. The van der Waals surface area contributed by atoms with Gasteiger partial charge in [-0.25, -0.2) is 0 Å². The van der Waals surface area contributed by atoms with Gasteiger partial charge in [0.05, 0.1) is 24.2 Å². The second kappa shape index (κ2) is 13.4. The summed E-state index contributed by atoms with van der Waals surface area (Å²) in [6.45, 7) is 33.5. The van der Waals surface area contributed by atoms with Gasteiger partial charge in [0, 0.05) is 20.0 Å². The van der Waals surface area contributed by atoms with E-state index in [-0.39, 0.29) is 45.4 Å². The number of rotatable bonds is 8. The summed E-state index contributed by atoms with van der Waals surface area (Å²) < 4.78 is 14.1. The van der Waals surface area contributed by atoms with Gasteiger partial charge >= 0.3 is 0 Å². The van der Waals surface area contributed by atoms with E-state index in [1.165, 1.54) is 24.8 Å². The van der Waals surface area contributed by atoms with Crippen LogP contribution in [0.1, 0.15) is 107 Å². The molecule has 0 aromatic heterocycles. The number of fused-ring (bicyclic) bond motifs is 1. The molecular weight excluding hydrogens is 603 g/mol. The van der Waals surface area contributed by atoms with E-state index in [0.29, 0.717) is 11.8 Å². The van der Waals surface area contributed by atoms with Crippen molar-refractivity contribution in [2.24, 2.45) is 29.1 Å². The van der Waals surface area contributed by atoms with Gasteiger partial charge in [-0.2, -0.15) is 0 Å². The van der Waals surface area contributed by atoms with Crippen molar-refractivity contribution in [3.8, 4) is 0 Å². The lowest BCUT2D eigenvalue weighted by atomic mass is 9.60. The number of hydrogen-bond acceptors (Lipinski definition) is 4. The van der Waals surface area contributed by atoms with Crippen LogP contribution in [0.15, 0.2) is 35.5 Å². The zero-order valence-corrected chi connectivity index (χ0v) is 33.9. The SMILES string of the molecule is C=C1/C(=C\C=C2/CCC[C@@]3(C)C2CC[C@@H]3[C@H](C)C(O)C2CCN(C)C2=O)C[C@@H](O[Si](C)(C)C(C)(C)C)C[C@@H]1O[Si](C)(C)C(C)(C)C. The van der Waals surface area contributed by atoms with E-state index >= 15 is 0 Å². The van der Waals surface area contributed by atoms with E-state index in [1.54, 1.807) is 10.5 Å². The van der Waals surface area contributed by atoms with Gasteiger partial charge in [-0.3, -0.25) is 4.79 Å². The lowest BCUT2D eigenvalue weighted by molar-refractivity contribution is -0.134. The fraction of sp³-hybridized carbons (Fsp3) is 0.821. The summed E-state index contributed by atoms with van der Waals surface area (Å²) in [5.74, 6) is 0.945. The highest BCUT2D eigenvalue weighted by molar-refractivity contribution is 6.74. The predicted molar refractivity (Wildman–Crippen MR) is 198 cm³/mol. The number of aliphatic hydroxyl groups excluding tert-OH is 1. The van der Waals surface area contributed by atoms with Crippen molar-refractivity contribution in [1.29, 1.82) is 0 Å². The molecule has 1 N–H and O–H groups in total. The zero-order chi connectivity index (χ0) is 34.6. The molecule has 4 rings (SSSR count). The molecule has 0 radical (unpaired) electrons. The Morgan fingerprint density at radius 3 is 2.17 bits per heavy atom. The third-order valence-electron chi connectivity index (χ3n) is 13.8. The van der Waals surface area contributed by atoms with Crippen LogP contribution >= 0.6 is 0 Å². The molecule has 0 aromatic rings. The normalized spacial score (nSPS) is 34.8. The van der Waals surface area contributed by atoms with Crippen molar-refractivity contribution in [3.63, 3.8) is 0 Å². The Bertz CT molecular complexity index is 1210. The molecule has 1 aliphatic heterocycles. The average Bonchev–Trinajstić information content (AvgIpc) is 3.45. The van der Waals surface area contributed by atoms with Gasteiger partial charge in [0.2, 0.25) is 5.91 Å². The summed E-state index contributed by atoms with van der Waals surface area (Å²) in [7, 11) is -2.10. The maximum absolute atomic E-state index is 12.8. The zero-order valence-electron chi connectivity index (χ0n) is 31.9. The summed E-state index contributed by atoms with van der Waals surface area (Å²) in [5, 5.41) is 11.7. The Balaban J connectivity index is 1.59. The van der Waals surface area contributed by atoms with E-state index in [9.17, 15) is 9.90 Å². The number of carbonyl (C=O) groups excluding carboxylic acids is 1. The molecule has 262 valence electrons. The van der Waals surface area contributed by atoms with Gasteiger partial charge in [-0.05, 0) is 116 Å². The summed E-state index contributed by atoms with van der Waals surface area (Å²) in [4.78, 5) is 14.6. The topological polar surface area (TPSA) is 59.0 Å². The average molecular weight is 672 g/mol. The van der Waals surface area contributed by atoms with E-state index < -0.39 is 22.7 Å². The van der Waals surface area contributed by atoms with Crippen LogP contribution in [0.5, 0.6) is 0 Å². The first kappa shape index (κ1) is 37.8. The first-order chi connectivity index (χ1) is 21.0. The van der Waals surface area contributed by atoms with Crippen LogP contribution in [0.2, 0.25) is 36.3 Å². The monoisotopic (exact) mass is 671 g/mol. The number of hydrogen-bond donors (Lipinski definition) is 1. The number of amides is 1. The van der Waals surface area contributed by atoms with Gasteiger partial charge in [0.15, 0.2) is 16.6 Å². The van der Waals surface area contributed by atoms with Crippen LogP contribution in [-0.4, -0.2) is 64.5 Å². The molecule has 3 saturated carbocycles. The minimum Gasteiger partial charge on any atom is -0.413 e. The number of aliphatic hydroxyl groups is 1. The molecule has 0 bridgehead atoms. The minimum absolute atomic E-state index is 0.0128. The largest absolute Gasteiger partial charge is 0.413 e. The number of carbonyl (C=O) groups is 1. The second-order valence-corrected chi connectivity index (χ2v) is 28.4. The third-order valence-corrected chi connectivity index (χ3v) is 22.8. The molecule has 46 heavy (non-hydrogen) atoms. The van der Waals surface area contributed by atoms with Crippen LogP contribution < -0.4 is 0 Å². The lowest BCUT2D eigenvalue weighted by Gasteiger charge is -2.46. The summed E-state index contributed by atoms with van der Waals surface area (Å²) in [6.07, 6.45) is 12.8. The summed E-state index contributed by atoms with van der Waals surface area (Å²) in [5.41, 5.74) is 4.15. The van der Waals surface area contributed by atoms with Crippen LogP contribution in [0, 0.1) is 29.1 Å². The molecule has 4 fully saturated rings. The van der Waals surface area contributed by atoms with Gasteiger partial charge in [0.25, 0.3) is 0 Å². The first-order valence-corrected chi connectivity index (χ1v) is 24.2. The van der Waals surface area contributed by atoms with Crippen molar-refractivity contribution in [2.45, 2.75) is 161 Å². The highest BCUT2D eigenvalue weighted by atomic mass is 28.4. The smallest absolute Gasteiger partial charge is 0.228 e. The van der Waals surface area contributed by atoms with Crippen molar-refractivity contribution in [1.82, 2.24) is 4.90 Å². The molecule has 1 amide bonds. The van der Waals surface area contributed by atoms with Crippen LogP contribution in [0.25, 0.3) is 0 Å². The van der Waals surface area contributed by atoms with Crippen molar-refractivity contribution in [2.75, 3.05) is 13.6 Å². The molecule has 1 heterocycles. The Morgan fingerprint density at radius 2 is 1.61 bits per heavy atom. The molecule has 3 aliphatic carbocycles. The van der Waals surface area contributed by atoms with E-state index in [4.69, 9.17) is 8.85 Å². The Labute approximate surface area is 284 Å². The van der Waals surface area contributed by atoms with Gasteiger partial charge in [-0.1, -0.05) is 79.7 Å². The predicted octanol–water partition coefficient (Wildman–Crippen LogP) is 9.66. The standard InChI is InChI=1S/C39H69NO4Si2/c1-26-29(24-30(43-45(11,12)37(3,4)5)25-34(26)44-46(13,14)38(6,7)8)18-17-28-16-15-22-39(9)32(19-20-33(28)39)27(2)35(41)31-21-23-40(10)36(31)42/h17-18,27,30-35,41H,1,15-16,19-25H2,2-14H3/b28-17+,29-18-/t27-,30+,31?,32+,33?,34-,35?,39+/m0/s1. The molecule has 5 nitrogen and oxygen atoms in total. The van der Waals surface area contributed by atoms with Gasteiger partial charge < -0.3 is 18.9 Å². The maximum Gasteiger partial charge on any atom is 0.228 e. The molecule has 3 unspecified atom stereocenters. The van der Waals surface area contributed by atoms with Crippen molar-refractivity contribution < 1.29 is 18.8 Å². The van der Waals surface area contributed by atoms with Crippen molar-refractivity contribution >= 4 is 22.5 Å². The maximum atomic E-state index is 12.8. The number of nitrogens with zero attached hydrogens (tertiary/aromatic N) is 1. The fourth-order valence-electron chi connectivity index (χ4n) is 8.68. The second-order valence-electron chi connectivity index (χ2n) is 18.9. The summed E-state index contributed by atoms with van der Waals surface area (Å²) >= 11 is 0. The van der Waals surface area contributed by atoms with E-state index in [1.807, 2.05) is 7.05 Å². The van der Waals surface area contributed by atoms with Crippen molar-refractivity contribution in [3.05, 3.63) is 35.5 Å². The molecule has 1 saturated heterocycles. The van der Waals surface area contributed by atoms with Crippen LogP contribution in [-0.2, 0) is 13.6 Å². The molecule has 4 aliphatic rings. The highest BCUT2D eigenvalue weighted by Gasteiger charge is 2.53. The van der Waals surface area contributed by atoms with Crippen LogP contribution in [0.3, 0.4) is 0 Å². The molecule has 0 aromatic carbocycles. The van der Waals surface area contributed by atoms with E-state index in [2.05, 4.69) is 100 Å². The fourth-order valence-corrected chi connectivity index (χ4v) is 11.3. The number of allylic oxidation sites excluding steroid dienone is 3. The first-order valence-electron chi connectivity index (χ1n) is 18.4. The van der Waals surface area contributed by atoms with Gasteiger partial charge in [-0.15, -0.1) is 0 Å². The Hall–Kier alpha value is -0.996. The highest BCUT2D eigenvalue weighted by Crippen LogP contribution is 2.60. The lowest BCUT2D eigenvalue weighted by Crippen LogP contribution is -2.49. The Morgan fingerprint density at radius 1 is 1.00 bits per heavy atom. The Kier molecular flexibility index (Phi) is 11.0.